The van der Waals surface area contributed by atoms with Crippen LogP contribution in [0.25, 0.3) is 0 Å². The fraction of sp³-hybridized carbons (Fsp3) is 0.500. The van der Waals surface area contributed by atoms with Crippen LogP contribution in [0.5, 0.6) is 0 Å². The third-order valence-electron chi connectivity index (χ3n) is 2.61. The first-order valence-electron chi connectivity index (χ1n) is 5.40. The second kappa shape index (κ2) is 5.16. The number of carbonyl (C=O) groups is 1. The van der Waals surface area contributed by atoms with Crippen molar-refractivity contribution in [2.45, 2.75) is 29.5 Å². The smallest absolute Gasteiger partial charge is 0.304 e. The van der Waals surface area contributed by atoms with Crippen molar-refractivity contribution in [2.75, 3.05) is 6.54 Å². The van der Waals surface area contributed by atoms with E-state index in [1.807, 2.05) is 0 Å². The molecule has 2 rings (SSSR count). The number of hydrogen-bond acceptors (Lipinski definition) is 4. The van der Waals surface area contributed by atoms with Gasteiger partial charge in [0.2, 0.25) is 0 Å². The standard InChI is InChI=1S/C10H12ClNO4S2/c11-8-3-4-10(17-8)18(15,16)12(7-1-2-7)6-5-9(13)14/h3-4,7H,1-2,5-6H2,(H,13,14). The Morgan fingerprint density at radius 3 is 2.61 bits per heavy atom. The summed E-state index contributed by atoms with van der Waals surface area (Å²) in [6.45, 7) is 0.0118. The lowest BCUT2D eigenvalue weighted by atomic mass is 10.4. The first kappa shape index (κ1) is 13.8. The summed E-state index contributed by atoms with van der Waals surface area (Å²) in [5, 5.41) is 8.66. The fourth-order valence-electron chi connectivity index (χ4n) is 1.62. The second-order valence-corrected chi connectivity index (χ2v) is 7.88. The molecule has 0 amide bonds. The zero-order chi connectivity index (χ0) is 13.3. The van der Waals surface area contributed by atoms with Crippen LogP contribution in [0.15, 0.2) is 16.3 Å². The normalized spacial score (nSPS) is 16.1. The third kappa shape index (κ3) is 3.03. The van der Waals surface area contributed by atoms with E-state index in [4.69, 9.17) is 16.7 Å². The molecule has 1 aromatic heterocycles. The molecule has 1 fully saturated rings. The van der Waals surface area contributed by atoms with Gasteiger partial charge in [-0.2, -0.15) is 4.31 Å². The van der Waals surface area contributed by atoms with Gasteiger partial charge in [-0.3, -0.25) is 4.79 Å². The van der Waals surface area contributed by atoms with Crippen molar-refractivity contribution in [2.24, 2.45) is 0 Å². The summed E-state index contributed by atoms with van der Waals surface area (Å²) in [6, 6.07) is 2.93. The fourth-order valence-corrected chi connectivity index (χ4v) is 4.92. The number of sulfonamides is 1. The van der Waals surface area contributed by atoms with Crippen LogP contribution in [0, 0.1) is 0 Å². The van der Waals surface area contributed by atoms with Gasteiger partial charge in [0.1, 0.15) is 4.21 Å². The van der Waals surface area contributed by atoms with Crippen molar-refractivity contribution < 1.29 is 18.3 Å². The van der Waals surface area contributed by atoms with Gasteiger partial charge in [-0.05, 0) is 25.0 Å². The Morgan fingerprint density at radius 2 is 2.17 bits per heavy atom. The predicted octanol–water partition coefficient (Wildman–Crippen LogP) is 2.03. The van der Waals surface area contributed by atoms with Gasteiger partial charge in [-0.15, -0.1) is 11.3 Å². The van der Waals surface area contributed by atoms with Crippen LogP contribution in [0.2, 0.25) is 4.34 Å². The summed E-state index contributed by atoms with van der Waals surface area (Å²) in [7, 11) is -3.61. The average molecular weight is 310 g/mol. The molecule has 8 heteroatoms. The molecule has 1 heterocycles. The largest absolute Gasteiger partial charge is 0.481 e. The molecular weight excluding hydrogens is 298 g/mol. The molecule has 0 aliphatic heterocycles. The van der Waals surface area contributed by atoms with E-state index in [0.717, 1.165) is 24.2 Å². The van der Waals surface area contributed by atoms with Gasteiger partial charge < -0.3 is 5.11 Å². The summed E-state index contributed by atoms with van der Waals surface area (Å²) in [6.07, 6.45) is 1.39. The number of hydrogen-bond donors (Lipinski definition) is 1. The molecule has 18 heavy (non-hydrogen) atoms. The molecule has 0 bridgehead atoms. The maximum Gasteiger partial charge on any atom is 0.304 e. The van der Waals surface area contributed by atoms with Crippen LogP contribution in [-0.4, -0.2) is 36.4 Å². The average Bonchev–Trinajstić information content (AvgIpc) is 2.99. The monoisotopic (exact) mass is 309 g/mol. The molecule has 100 valence electrons. The van der Waals surface area contributed by atoms with Crippen LogP contribution in [0.4, 0.5) is 0 Å². The van der Waals surface area contributed by atoms with Crippen molar-refractivity contribution >= 4 is 38.9 Å². The predicted molar refractivity (Wildman–Crippen MR) is 68.5 cm³/mol. The highest BCUT2D eigenvalue weighted by Crippen LogP contribution is 2.35. The minimum Gasteiger partial charge on any atom is -0.481 e. The van der Waals surface area contributed by atoms with Crippen molar-refractivity contribution in [3.05, 3.63) is 16.5 Å². The SMILES string of the molecule is O=C(O)CCN(C1CC1)S(=O)(=O)c1ccc(Cl)s1. The summed E-state index contributed by atoms with van der Waals surface area (Å²) < 4.78 is 26.5. The van der Waals surface area contributed by atoms with Gasteiger partial charge in [0.05, 0.1) is 10.8 Å². The van der Waals surface area contributed by atoms with Gasteiger partial charge in [-0.25, -0.2) is 8.42 Å². The second-order valence-electron chi connectivity index (χ2n) is 4.05. The van der Waals surface area contributed by atoms with Crippen molar-refractivity contribution in [3.63, 3.8) is 0 Å². The first-order valence-corrected chi connectivity index (χ1v) is 8.03. The maximum atomic E-state index is 12.3. The van der Waals surface area contributed by atoms with Gasteiger partial charge >= 0.3 is 5.97 Å². The van der Waals surface area contributed by atoms with Crippen LogP contribution in [0.3, 0.4) is 0 Å². The Bertz CT molecular complexity index is 550. The Hall–Kier alpha value is -0.630. The lowest BCUT2D eigenvalue weighted by Crippen LogP contribution is -2.34. The number of thiophene rings is 1. The molecule has 1 N–H and O–H groups in total. The van der Waals surface area contributed by atoms with E-state index in [-0.39, 0.29) is 23.2 Å². The molecule has 0 aromatic carbocycles. The molecule has 0 spiro atoms. The van der Waals surface area contributed by atoms with E-state index in [2.05, 4.69) is 0 Å². The van der Waals surface area contributed by atoms with Crippen molar-refractivity contribution in [3.8, 4) is 0 Å². The zero-order valence-corrected chi connectivity index (χ0v) is 11.8. The topological polar surface area (TPSA) is 74.7 Å². The zero-order valence-electron chi connectivity index (χ0n) is 9.37. The van der Waals surface area contributed by atoms with Crippen molar-refractivity contribution in [1.29, 1.82) is 0 Å². The summed E-state index contributed by atoms with van der Waals surface area (Å²) in [4.78, 5) is 10.6. The number of nitrogens with zero attached hydrogens (tertiary/aromatic N) is 1. The van der Waals surface area contributed by atoms with E-state index in [9.17, 15) is 13.2 Å². The van der Waals surface area contributed by atoms with E-state index < -0.39 is 16.0 Å². The summed E-state index contributed by atoms with van der Waals surface area (Å²) >= 11 is 6.73. The molecule has 0 unspecified atom stereocenters. The molecule has 1 aliphatic carbocycles. The number of halogens is 1. The Kier molecular flexibility index (Phi) is 3.96. The Morgan fingerprint density at radius 1 is 1.50 bits per heavy atom. The van der Waals surface area contributed by atoms with E-state index >= 15 is 0 Å². The molecule has 0 atom stereocenters. The van der Waals surface area contributed by atoms with Crippen LogP contribution >= 0.6 is 22.9 Å². The Balaban J connectivity index is 2.21. The van der Waals surface area contributed by atoms with E-state index in [1.54, 1.807) is 0 Å². The minimum atomic E-state index is -3.61. The van der Waals surface area contributed by atoms with E-state index in [0.29, 0.717) is 4.34 Å². The Labute approximate surface area is 114 Å². The van der Waals surface area contributed by atoms with Crippen LogP contribution in [-0.2, 0) is 14.8 Å². The molecule has 0 radical (unpaired) electrons. The number of rotatable bonds is 6. The highest BCUT2D eigenvalue weighted by Gasteiger charge is 2.38. The molecule has 5 nitrogen and oxygen atoms in total. The highest BCUT2D eigenvalue weighted by atomic mass is 35.5. The van der Waals surface area contributed by atoms with Crippen LogP contribution in [0.1, 0.15) is 19.3 Å². The molecule has 1 aromatic rings. The number of aliphatic carboxylic acids is 1. The number of carboxylic acids is 1. The molecule has 0 saturated heterocycles. The van der Waals surface area contributed by atoms with Crippen molar-refractivity contribution in [1.82, 2.24) is 4.31 Å². The van der Waals surface area contributed by atoms with Crippen LogP contribution < -0.4 is 0 Å². The highest BCUT2D eigenvalue weighted by molar-refractivity contribution is 7.91. The van der Waals surface area contributed by atoms with E-state index in [1.165, 1.54) is 16.4 Å². The quantitative estimate of drug-likeness (QED) is 0.872. The van der Waals surface area contributed by atoms with Gasteiger partial charge in [0, 0.05) is 12.6 Å². The molecule has 1 aliphatic rings. The molecule has 1 saturated carbocycles. The lowest BCUT2D eigenvalue weighted by molar-refractivity contribution is -0.137. The third-order valence-corrected chi connectivity index (χ3v) is 6.26. The van der Waals surface area contributed by atoms with Gasteiger partial charge in [0.15, 0.2) is 0 Å². The lowest BCUT2D eigenvalue weighted by Gasteiger charge is -2.19. The minimum absolute atomic E-state index is 0.0118. The number of carboxylic acid groups (broad SMARTS) is 1. The summed E-state index contributed by atoms with van der Waals surface area (Å²) in [5.74, 6) is -1.000. The van der Waals surface area contributed by atoms with Gasteiger partial charge in [-0.1, -0.05) is 11.6 Å². The maximum absolute atomic E-state index is 12.3. The van der Waals surface area contributed by atoms with Gasteiger partial charge in [0.25, 0.3) is 10.0 Å². The summed E-state index contributed by atoms with van der Waals surface area (Å²) in [5.41, 5.74) is 0. The first-order chi connectivity index (χ1) is 8.41. The molecular formula is C10H12ClNO4S2.